The van der Waals surface area contributed by atoms with Crippen LogP contribution in [0.1, 0.15) is 23.0 Å². The number of carboxylic acids is 1. The summed E-state index contributed by atoms with van der Waals surface area (Å²) in [5.74, 6) is 0.307. The molecule has 0 fully saturated rings. The number of fused-ring (bicyclic) bond motifs is 1. The van der Waals surface area contributed by atoms with Crippen LogP contribution in [0.4, 0.5) is 0 Å². The average Bonchev–Trinajstić information content (AvgIpc) is 2.72. The fourth-order valence-electron chi connectivity index (χ4n) is 2.72. The summed E-state index contributed by atoms with van der Waals surface area (Å²) in [5.41, 5.74) is 0.719. The van der Waals surface area contributed by atoms with Gasteiger partial charge in [-0.15, -0.1) is 0 Å². The van der Waals surface area contributed by atoms with Crippen LogP contribution in [0.5, 0.6) is 11.5 Å². The third-order valence-corrected chi connectivity index (χ3v) is 6.37. The fraction of sp³-hybridized carbons (Fsp3) is 0.190. The molecule has 0 saturated carbocycles. The number of aliphatic carboxylic acids is 1. The molecule has 0 saturated heterocycles. The third-order valence-electron chi connectivity index (χ3n) is 4.15. The summed E-state index contributed by atoms with van der Waals surface area (Å²) in [5, 5.41) is 19.6. The maximum atomic E-state index is 12.7. The molecule has 149 valence electrons. The van der Waals surface area contributed by atoms with Gasteiger partial charge in [0.05, 0.1) is 0 Å². The van der Waals surface area contributed by atoms with Gasteiger partial charge in [-0.05, 0) is 0 Å². The zero-order chi connectivity index (χ0) is 20.8. The Labute approximate surface area is 174 Å². The Morgan fingerprint density at radius 3 is 2.59 bits per heavy atom. The number of carboxylic acid groups (broad SMARTS) is 1. The average molecular weight is 456 g/mol. The van der Waals surface area contributed by atoms with Gasteiger partial charge in [0.1, 0.15) is 0 Å². The summed E-state index contributed by atoms with van der Waals surface area (Å²) < 4.78 is 9.94. The normalized spacial score (nSPS) is 12.3. The fourth-order valence-corrected chi connectivity index (χ4v) is 4.35. The predicted molar refractivity (Wildman–Crippen MR) is 107 cm³/mol. The Bertz CT molecular complexity index is 1020. The molecule has 0 spiro atoms. The molecule has 1 aromatic heterocycles. The second-order valence-corrected chi connectivity index (χ2v) is 9.19. The van der Waals surface area contributed by atoms with Gasteiger partial charge in [0.2, 0.25) is 0 Å². The summed E-state index contributed by atoms with van der Waals surface area (Å²) in [6.07, 6.45) is 1.56. The molecule has 3 aromatic rings. The molecule has 1 atom stereocenters. The molecule has 0 amide bonds. The minimum absolute atomic E-state index is 0.0105. The van der Waals surface area contributed by atoms with Crippen molar-refractivity contribution in [2.75, 3.05) is 6.79 Å². The summed E-state index contributed by atoms with van der Waals surface area (Å²) in [4.78, 5) is 28.1. The van der Waals surface area contributed by atoms with Gasteiger partial charge in [0.15, 0.2) is 0 Å². The number of ether oxygens (including phenoxy) is 2. The molecule has 0 bridgehead atoms. The van der Waals surface area contributed by atoms with E-state index in [-0.39, 0.29) is 16.9 Å². The van der Waals surface area contributed by atoms with Gasteiger partial charge in [-0.25, -0.2) is 0 Å². The number of rotatable bonds is 9. The van der Waals surface area contributed by atoms with Crippen LogP contribution in [-0.4, -0.2) is 48.3 Å². The molecule has 1 radical (unpaired) electrons. The molecular weight excluding hydrogens is 437 g/mol. The van der Waals surface area contributed by atoms with Crippen molar-refractivity contribution in [3.63, 3.8) is 0 Å². The molecule has 0 unspecified atom stereocenters. The Morgan fingerprint density at radius 1 is 1.14 bits per heavy atom. The van der Waals surface area contributed by atoms with Crippen molar-refractivity contribution in [2.24, 2.45) is 0 Å². The van der Waals surface area contributed by atoms with Crippen LogP contribution >= 0.6 is 0 Å². The van der Waals surface area contributed by atoms with E-state index in [4.69, 9.17) is 19.7 Å². The first-order chi connectivity index (χ1) is 14.0. The first-order valence-corrected chi connectivity index (χ1v) is 10.8. The first kappa shape index (κ1) is 21.0. The van der Waals surface area contributed by atoms with Crippen molar-refractivity contribution in [1.29, 1.82) is 0 Å². The van der Waals surface area contributed by atoms with Crippen LogP contribution in [0.25, 0.3) is 10.8 Å². The number of aliphatic hydroxyl groups is 1. The van der Waals surface area contributed by atoms with Crippen LogP contribution in [-0.2, 0) is 16.1 Å². The SMILES string of the molecule is C[C@H]([As]C(=O)c1ncc2cc(Oc3ccccc3)ccc2c1COCO)C(=O)O. The summed E-state index contributed by atoms with van der Waals surface area (Å²) >= 11 is -1.13. The van der Waals surface area contributed by atoms with E-state index in [9.17, 15) is 9.59 Å². The van der Waals surface area contributed by atoms with Crippen LogP contribution in [0.3, 0.4) is 0 Å². The summed E-state index contributed by atoms with van der Waals surface area (Å²) in [6, 6.07) is 14.7. The maximum absolute atomic E-state index is 12.7. The molecule has 3 rings (SSSR count). The minimum atomic E-state index is -1.13. The molecule has 7 nitrogen and oxygen atoms in total. The van der Waals surface area contributed by atoms with Gasteiger partial charge >= 0.3 is 174 Å². The van der Waals surface area contributed by atoms with E-state index in [0.29, 0.717) is 17.1 Å². The third kappa shape index (κ3) is 5.20. The molecule has 29 heavy (non-hydrogen) atoms. The Morgan fingerprint density at radius 2 is 1.90 bits per heavy atom. The number of benzene rings is 2. The summed E-state index contributed by atoms with van der Waals surface area (Å²) in [7, 11) is 0. The molecule has 0 aliphatic carbocycles. The van der Waals surface area contributed by atoms with Crippen LogP contribution in [0.2, 0.25) is 4.71 Å². The van der Waals surface area contributed by atoms with E-state index in [1.807, 2.05) is 30.3 Å². The number of carbonyl (C=O) groups is 2. The van der Waals surface area contributed by atoms with E-state index in [0.717, 1.165) is 10.8 Å². The zero-order valence-electron chi connectivity index (χ0n) is 15.6. The number of pyridine rings is 1. The number of nitrogens with zero attached hydrogens (tertiary/aromatic N) is 1. The van der Waals surface area contributed by atoms with E-state index in [1.165, 1.54) is 6.92 Å². The second kappa shape index (κ2) is 9.65. The van der Waals surface area contributed by atoms with Crippen molar-refractivity contribution in [3.8, 4) is 11.5 Å². The van der Waals surface area contributed by atoms with E-state index in [2.05, 4.69) is 4.98 Å². The molecule has 1 heterocycles. The van der Waals surface area contributed by atoms with Gasteiger partial charge < -0.3 is 0 Å². The Kier molecular flexibility index (Phi) is 6.98. The monoisotopic (exact) mass is 456 g/mol. The number of para-hydroxylation sites is 1. The molecule has 8 heteroatoms. The Balaban J connectivity index is 1.96. The standard InChI is InChI=1S/C21H19AsNO6/c1-13(21(26)27)22-20(25)19-18(11-28-12-24)17-8-7-16(9-14(17)10-23-19)29-15-5-3-2-4-6-15/h2-10,13,24H,11-12H2,1H3,(H,26,27)/t13-/m0/s1. The van der Waals surface area contributed by atoms with Crippen molar-refractivity contribution in [2.45, 2.75) is 18.2 Å². The van der Waals surface area contributed by atoms with Crippen molar-refractivity contribution < 1.29 is 29.3 Å². The number of aromatic nitrogens is 1. The first-order valence-electron chi connectivity index (χ1n) is 8.80. The van der Waals surface area contributed by atoms with Crippen molar-refractivity contribution in [1.82, 2.24) is 4.98 Å². The van der Waals surface area contributed by atoms with Gasteiger partial charge in [-0.3, -0.25) is 0 Å². The van der Waals surface area contributed by atoms with Gasteiger partial charge in [0.25, 0.3) is 0 Å². The molecule has 2 N–H and O–H groups in total. The number of carbonyl (C=O) groups excluding carboxylic acids is 1. The van der Waals surface area contributed by atoms with E-state index >= 15 is 0 Å². The van der Waals surface area contributed by atoms with Crippen molar-refractivity contribution >= 4 is 37.1 Å². The van der Waals surface area contributed by atoms with Gasteiger partial charge in [-0.1, -0.05) is 0 Å². The predicted octanol–water partition coefficient (Wildman–Crippen LogP) is 3.23. The number of hydrogen-bond acceptors (Lipinski definition) is 6. The molecular formula is C21H19AsNO6. The van der Waals surface area contributed by atoms with Crippen LogP contribution < -0.4 is 4.74 Å². The molecule has 0 aliphatic rings. The van der Waals surface area contributed by atoms with Gasteiger partial charge in [0, 0.05) is 0 Å². The van der Waals surface area contributed by atoms with Gasteiger partial charge in [-0.2, -0.15) is 0 Å². The second-order valence-electron chi connectivity index (χ2n) is 6.18. The van der Waals surface area contributed by atoms with Crippen LogP contribution in [0.15, 0.2) is 54.7 Å². The quantitative estimate of drug-likeness (QED) is 0.376. The molecule has 2 aromatic carbocycles. The Hall–Kier alpha value is -2.73. The zero-order valence-corrected chi connectivity index (χ0v) is 17.5. The van der Waals surface area contributed by atoms with Crippen LogP contribution in [0, 0.1) is 0 Å². The topological polar surface area (TPSA) is 106 Å². The molecule has 0 aliphatic heterocycles. The summed E-state index contributed by atoms with van der Waals surface area (Å²) in [6.45, 7) is 1.00. The van der Waals surface area contributed by atoms with E-state index < -0.39 is 33.2 Å². The van der Waals surface area contributed by atoms with E-state index in [1.54, 1.807) is 24.4 Å². The number of hydrogen-bond donors (Lipinski definition) is 2. The van der Waals surface area contributed by atoms with Crippen molar-refractivity contribution in [3.05, 3.63) is 66.0 Å². The number of aliphatic hydroxyl groups excluding tert-OH is 1.